The molecule has 3 unspecified atom stereocenters. The SMILES string of the molecule is CCCc1c(OC(CC)C(=O)OCC)ccc2c1OC(C)(CCCCOC1CCCCO1)C(=O)C2. The van der Waals surface area contributed by atoms with E-state index >= 15 is 0 Å². The second kappa shape index (κ2) is 13.3. The number of rotatable bonds is 13. The smallest absolute Gasteiger partial charge is 0.347 e. The van der Waals surface area contributed by atoms with Crippen LogP contribution in [-0.2, 0) is 36.6 Å². The van der Waals surface area contributed by atoms with Crippen molar-refractivity contribution in [3.05, 3.63) is 23.3 Å². The van der Waals surface area contributed by atoms with Gasteiger partial charge in [0.05, 0.1) is 6.61 Å². The number of ether oxygens (including phenoxy) is 5. The third-order valence-electron chi connectivity index (χ3n) is 6.75. The van der Waals surface area contributed by atoms with Gasteiger partial charge in [-0.25, -0.2) is 4.79 Å². The molecule has 0 aliphatic carbocycles. The maximum atomic E-state index is 13.1. The van der Waals surface area contributed by atoms with Crippen LogP contribution >= 0.6 is 0 Å². The average Bonchev–Trinajstić information content (AvgIpc) is 2.85. The molecule has 1 saturated heterocycles. The van der Waals surface area contributed by atoms with Crippen LogP contribution in [0.5, 0.6) is 11.5 Å². The molecule has 0 aromatic heterocycles. The highest BCUT2D eigenvalue weighted by molar-refractivity contribution is 5.91. The molecular weight excluding hydrogens is 448 g/mol. The molecule has 196 valence electrons. The molecule has 3 atom stereocenters. The molecule has 1 aromatic carbocycles. The number of benzene rings is 1. The van der Waals surface area contributed by atoms with Crippen LogP contribution in [-0.4, -0.2) is 49.6 Å². The summed E-state index contributed by atoms with van der Waals surface area (Å²) in [5, 5.41) is 0. The van der Waals surface area contributed by atoms with Gasteiger partial charge in [0.15, 0.2) is 23.8 Å². The fraction of sp³-hybridized carbons (Fsp3) is 0.714. The number of unbranched alkanes of at least 4 members (excludes halogenated alkanes) is 1. The van der Waals surface area contributed by atoms with Crippen molar-refractivity contribution in [3.63, 3.8) is 0 Å². The minimum Gasteiger partial charge on any atom is -0.479 e. The van der Waals surface area contributed by atoms with E-state index in [4.69, 9.17) is 23.7 Å². The second-order valence-corrected chi connectivity index (χ2v) is 9.60. The number of ketones is 1. The van der Waals surface area contributed by atoms with Gasteiger partial charge in [-0.3, -0.25) is 4.79 Å². The Bertz CT molecular complexity index is 846. The Hall–Kier alpha value is -2.12. The number of hydrogen-bond acceptors (Lipinski definition) is 7. The van der Waals surface area contributed by atoms with Gasteiger partial charge in [0.25, 0.3) is 0 Å². The molecule has 35 heavy (non-hydrogen) atoms. The second-order valence-electron chi connectivity index (χ2n) is 9.60. The summed E-state index contributed by atoms with van der Waals surface area (Å²) in [5.74, 6) is 1.09. The zero-order chi connectivity index (χ0) is 25.3. The highest BCUT2D eigenvalue weighted by atomic mass is 16.7. The van der Waals surface area contributed by atoms with E-state index in [1.54, 1.807) is 6.92 Å². The monoisotopic (exact) mass is 490 g/mol. The van der Waals surface area contributed by atoms with E-state index in [0.29, 0.717) is 38.2 Å². The molecule has 3 rings (SSSR count). The Morgan fingerprint density at radius 3 is 2.71 bits per heavy atom. The predicted octanol–water partition coefficient (Wildman–Crippen LogP) is 5.34. The molecule has 2 heterocycles. The maximum absolute atomic E-state index is 13.1. The molecule has 1 aromatic rings. The van der Waals surface area contributed by atoms with Gasteiger partial charge in [-0.05, 0) is 71.3 Å². The van der Waals surface area contributed by atoms with E-state index in [2.05, 4.69) is 6.92 Å². The molecular formula is C28H42O7. The quantitative estimate of drug-likeness (QED) is 0.273. The van der Waals surface area contributed by atoms with Gasteiger partial charge in [0, 0.05) is 30.8 Å². The first kappa shape index (κ1) is 27.5. The summed E-state index contributed by atoms with van der Waals surface area (Å²) in [4.78, 5) is 25.4. The third kappa shape index (κ3) is 7.20. The molecule has 2 aliphatic rings. The van der Waals surface area contributed by atoms with Gasteiger partial charge in [-0.15, -0.1) is 0 Å². The van der Waals surface area contributed by atoms with Crippen LogP contribution in [0, 0.1) is 0 Å². The number of carbonyl (C=O) groups is 2. The lowest BCUT2D eigenvalue weighted by atomic mass is 9.85. The van der Waals surface area contributed by atoms with Gasteiger partial charge in [0.2, 0.25) is 0 Å². The molecule has 0 saturated carbocycles. The maximum Gasteiger partial charge on any atom is 0.347 e. The van der Waals surface area contributed by atoms with Gasteiger partial charge in [-0.1, -0.05) is 26.3 Å². The summed E-state index contributed by atoms with van der Waals surface area (Å²) in [6.07, 6.45) is 7.21. The van der Waals surface area contributed by atoms with Crippen LogP contribution in [0.15, 0.2) is 12.1 Å². The number of esters is 1. The van der Waals surface area contributed by atoms with Crippen molar-refractivity contribution in [2.45, 2.75) is 110 Å². The van der Waals surface area contributed by atoms with Crippen molar-refractivity contribution in [3.8, 4) is 11.5 Å². The Morgan fingerprint density at radius 2 is 2.03 bits per heavy atom. The van der Waals surface area contributed by atoms with Crippen molar-refractivity contribution in [1.29, 1.82) is 0 Å². The van der Waals surface area contributed by atoms with Crippen LogP contribution in [0.1, 0.15) is 90.2 Å². The molecule has 7 heteroatoms. The normalized spacial score (nSPS) is 22.7. The van der Waals surface area contributed by atoms with Crippen LogP contribution in [0.4, 0.5) is 0 Å². The van der Waals surface area contributed by atoms with Crippen molar-refractivity contribution in [2.75, 3.05) is 19.8 Å². The zero-order valence-electron chi connectivity index (χ0n) is 21.9. The molecule has 7 nitrogen and oxygen atoms in total. The average molecular weight is 491 g/mol. The summed E-state index contributed by atoms with van der Waals surface area (Å²) in [7, 11) is 0. The summed E-state index contributed by atoms with van der Waals surface area (Å²) in [6, 6.07) is 3.74. The van der Waals surface area contributed by atoms with Crippen molar-refractivity contribution >= 4 is 11.8 Å². The third-order valence-corrected chi connectivity index (χ3v) is 6.75. The number of carbonyl (C=O) groups excluding carboxylic acids is 2. The molecule has 0 spiro atoms. The van der Waals surface area contributed by atoms with E-state index in [-0.39, 0.29) is 18.0 Å². The standard InChI is InChI=1S/C28H42O7/c1-5-12-21-23(34-22(6-2)27(30)31-7-3)15-14-20-19-24(29)28(4,35-26(20)21)16-9-11-18-33-25-13-8-10-17-32-25/h14-15,22,25H,5-13,16-19H2,1-4H3. The summed E-state index contributed by atoms with van der Waals surface area (Å²) >= 11 is 0. The van der Waals surface area contributed by atoms with E-state index in [1.165, 1.54) is 0 Å². The first-order valence-electron chi connectivity index (χ1n) is 13.3. The Labute approximate surface area is 209 Å². The summed E-state index contributed by atoms with van der Waals surface area (Å²) in [6.45, 7) is 9.37. The molecule has 0 radical (unpaired) electrons. The summed E-state index contributed by atoms with van der Waals surface area (Å²) < 4.78 is 29.2. The molecule has 0 N–H and O–H groups in total. The van der Waals surface area contributed by atoms with Gasteiger partial charge in [0.1, 0.15) is 11.5 Å². The lowest BCUT2D eigenvalue weighted by Gasteiger charge is -2.36. The van der Waals surface area contributed by atoms with E-state index in [1.807, 2.05) is 26.0 Å². The molecule has 0 amide bonds. The number of hydrogen-bond donors (Lipinski definition) is 0. The minimum atomic E-state index is -0.888. The Morgan fingerprint density at radius 1 is 1.20 bits per heavy atom. The minimum absolute atomic E-state index is 0.0876. The van der Waals surface area contributed by atoms with Gasteiger partial charge in [-0.2, -0.15) is 0 Å². The van der Waals surface area contributed by atoms with Gasteiger partial charge < -0.3 is 23.7 Å². The lowest BCUT2D eigenvalue weighted by molar-refractivity contribution is -0.163. The lowest BCUT2D eigenvalue weighted by Crippen LogP contribution is -2.46. The Balaban J connectivity index is 1.68. The highest BCUT2D eigenvalue weighted by Crippen LogP contribution is 2.41. The molecule has 2 aliphatic heterocycles. The van der Waals surface area contributed by atoms with Crippen molar-refractivity contribution < 1.29 is 33.3 Å². The first-order chi connectivity index (χ1) is 16.9. The van der Waals surface area contributed by atoms with E-state index < -0.39 is 11.7 Å². The van der Waals surface area contributed by atoms with Crippen LogP contribution < -0.4 is 9.47 Å². The highest BCUT2D eigenvalue weighted by Gasteiger charge is 2.40. The van der Waals surface area contributed by atoms with Crippen LogP contribution in [0.25, 0.3) is 0 Å². The molecule has 1 fully saturated rings. The number of Topliss-reactive ketones (excluding diaryl/α,β-unsaturated/α-hetero) is 1. The predicted molar refractivity (Wildman–Crippen MR) is 133 cm³/mol. The first-order valence-corrected chi connectivity index (χ1v) is 13.3. The van der Waals surface area contributed by atoms with E-state index in [9.17, 15) is 9.59 Å². The largest absolute Gasteiger partial charge is 0.479 e. The fourth-order valence-corrected chi connectivity index (χ4v) is 4.66. The van der Waals surface area contributed by atoms with Crippen LogP contribution in [0.2, 0.25) is 0 Å². The van der Waals surface area contributed by atoms with E-state index in [0.717, 1.165) is 68.4 Å². The van der Waals surface area contributed by atoms with Crippen LogP contribution in [0.3, 0.4) is 0 Å². The zero-order valence-corrected chi connectivity index (χ0v) is 21.9. The fourth-order valence-electron chi connectivity index (χ4n) is 4.66. The Kier molecular flexibility index (Phi) is 10.4. The topological polar surface area (TPSA) is 80.3 Å². The summed E-state index contributed by atoms with van der Waals surface area (Å²) in [5.41, 5.74) is 0.912. The van der Waals surface area contributed by atoms with Crippen molar-refractivity contribution in [2.24, 2.45) is 0 Å². The molecule has 0 bridgehead atoms. The van der Waals surface area contributed by atoms with Gasteiger partial charge >= 0.3 is 5.97 Å². The van der Waals surface area contributed by atoms with Crippen molar-refractivity contribution in [1.82, 2.24) is 0 Å². The number of fused-ring (bicyclic) bond motifs is 1.